The van der Waals surface area contributed by atoms with Crippen molar-refractivity contribution in [2.24, 2.45) is 0 Å². The molecule has 0 amide bonds. The van der Waals surface area contributed by atoms with Crippen LogP contribution in [0.15, 0.2) is 0 Å². The van der Waals surface area contributed by atoms with Gasteiger partial charge < -0.3 is 4.74 Å². The summed E-state index contributed by atoms with van der Waals surface area (Å²) >= 11 is 2.15. The van der Waals surface area contributed by atoms with Crippen molar-refractivity contribution in [3.05, 3.63) is 0 Å². The standard InChI is InChI=1S/C11H21IO2/c1-4-7-9(8-5-2)14-11(13)10(12)6-3/h9-10H,4-8H2,1-3H3. The van der Waals surface area contributed by atoms with Crippen molar-refractivity contribution in [3.8, 4) is 0 Å². The maximum atomic E-state index is 11.5. The number of alkyl halides is 1. The van der Waals surface area contributed by atoms with Gasteiger partial charge in [0.1, 0.15) is 10.0 Å². The van der Waals surface area contributed by atoms with Gasteiger partial charge in [-0.1, -0.05) is 56.2 Å². The van der Waals surface area contributed by atoms with E-state index in [0.717, 1.165) is 32.1 Å². The third-order valence-corrected chi connectivity index (χ3v) is 3.51. The molecule has 0 heterocycles. The van der Waals surface area contributed by atoms with Crippen LogP contribution in [0.4, 0.5) is 0 Å². The summed E-state index contributed by atoms with van der Waals surface area (Å²) in [5, 5.41) is 0. The van der Waals surface area contributed by atoms with Crippen molar-refractivity contribution in [1.82, 2.24) is 0 Å². The molecule has 0 aliphatic rings. The van der Waals surface area contributed by atoms with Crippen LogP contribution >= 0.6 is 22.6 Å². The normalized spacial score (nSPS) is 12.9. The van der Waals surface area contributed by atoms with E-state index in [1.807, 2.05) is 6.92 Å². The molecule has 0 radical (unpaired) electrons. The largest absolute Gasteiger partial charge is 0.462 e. The summed E-state index contributed by atoms with van der Waals surface area (Å²) in [4.78, 5) is 11.5. The van der Waals surface area contributed by atoms with E-state index in [9.17, 15) is 4.79 Å². The molecular formula is C11H21IO2. The minimum atomic E-state index is -0.0417. The second kappa shape index (κ2) is 8.50. The lowest BCUT2D eigenvalue weighted by Crippen LogP contribution is -2.24. The van der Waals surface area contributed by atoms with Gasteiger partial charge >= 0.3 is 5.97 Å². The van der Waals surface area contributed by atoms with Crippen LogP contribution in [-0.2, 0) is 9.53 Å². The minimum Gasteiger partial charge on any atom is -0.462 e. The number of esters is 1. The minimum absolute atomic E-state index is 0.0174. The summed E-state index contributed by atoms with van der Waals surface area (Å²) in [6.45, 7) is 6.25. The molecule has 1 atom stereocenters. The summed E-state index contributed by atoms with van der Waals surface area (Å²) in [5.74, 6) is -0.0417. The summed E-state index contributed by atoms with van der Waals surface area (Å²) in [6.07, 6.45) is 5.14. The molecule has 0 N–H and O–H groups in total. The molecular weight excluding hydrogens is 291 g/mol. The second-order valence-electron chi connectivity index (χ2n) is 3.51. The molecule has 3 heteroatoms. The van der Waals surface area contributed by atoms with Gasteiger partial charge in [-0.15, -0.1) is 0 Å². The van der Waals surface area contributed by atoms with Gasteiger partial charge in [0.05, 0.1) is 0 Å². The topological polar surface area (TPSA) is 26.3 Å². The SMILES string of the molecule is CCCC(CCC)OC(=O)C(I)CC. The van der Waals surface area contributed by atoms with Crippen molar-refractivity contribution < 1.29 is 9.53 Å². The van der Waals surface area contributed by atoms with E-state index in [-0.39, 0.29) is 16.0 Å². The number of hydrogen-bond donors (Lipinski definition) is 0. The lowest BCUT2D eigenvalue weighted by atomic mass is 10.1. The van der Waals surface area contributed by atoms with Crippen molar-refractivity contribution in [1.29, 1.82) is 0 Å². The molecule has 0 aromatic heterocycles. The lowest BCUT2D eigenvalue weighted by Gasteiger charge is -2.18. The van der Waals surface area contributed by atoms with Crippen LogP contribution in [0.3, 0.4) is 0 Å². The highest BCUT2D eigenvalue weighted by Gasteiger charge is 2.18. The summed E-state index contributed by atoms with van der Waals surface area (Å²) in [7, 11) is 0. The van der Waals surface area contributed by atoms with Crippen LogP contribution in [0, 0.1) is 0 Å². The van der Waals surface area contributed by atoms with E-state index in [2.05, 4.69) is 36.4 Å². The number of carbonyl (C=O) groups is 1. The Morgan fingerprint density at radius 2 is 1.71 bits per heavy atom. The van der Waals surface area contributed by atoms with E-state index in [4.69, 9.17) is 4.74 Å². The monoisotopic (exact) mass is 312 g/mol. The first-order valence-corrected chi connectivity index (χ1v) is 6.74. The molecule has 0 aromatic carbocycles. The number of carbonyl (C=O) groups excluding carboxylic acids is 1. The lowest BCUT2D eigenvalue weighted by molar-refractivity contribution is -0.148. The Hall–Kier alpha value is 0.200. The van der Waals surface area contributed by atoms with Crippen molar-refractivity contribution in [2.45, 2.75) is 62.9 Å². The summed E-state index contributed by atoms with van der Waals surface area (Å²) in [6, 6.07) is 0. The zero-order valence-electron chi connectivity index (χ0n) is 9.38. The number of rotatable bonds is 7. The van der Waals surface area contributed by atoms with Gasteiger partial charge in [-0.25, -0.2) is 0 Å². The highest BCUT2D eigenvalue weighted by atomic mass is 127. The van der Waals surface area contributed by atoms with Crippen LogP contribution in [0.2, 0.25) is 0 Å². The molecule has 0 saturated carbocycles. The van der Waals surface area contributed by atoms with Crippen molar-refractivity contribution >= 4 is 28.6 Å². The van der Waals surface area contributed by atoms with E-state index >= 15 is 0 Å². The predicted octanol–water partition coefficient (Wildman–Crippen LogP) is 3.71. The molecule has 0 aromatic rings. The van der Waals surface area contributed by atoms with Gasteiger partial charge in [0.25, 0.3) is 0 Å². The molecule has 14 heavy (non-hydrogen) atoms. The van der Waals surface area contributed by atoms with Crippen molar-refractivity contribution in [3.63, 3.8) is 0 Å². The fourth-order valence-corrected chi connectivity index (χ4v) is 1.46. The Bertz CT molecular complexity index is 153. The van der Waals surface area contributed by atoms with Gasteiger partial charge in [-0.2, -0.15) is 0 Å². The Morgan fingerprint density at radius 1 is 1.21 bits per heavy atom. The zero-order valence-corrected chi connectivity index (χ0v) is 11.5. The molecule has 2 nitrogen and oxygen atoms in total. The van der Waals surface area contributed by atoms with E-state index < -0.39 is 0 Å². The first-order valence-electron chi connectivity index (χ1n) is 5.50. The molecule has 84 valence electrons. The summed E-state index contributed by atoms with van der Waals surface area (Å²) in [5.41, 5.74) is 0. The van der Waals surface area contributed by atoms with Crippen LogP contribution in [0.25, 0.3) is 0 Å². The van der Waals surface area contributed by atoms with Crippen molar-refractivity contribution in [2.75, 3.05) is 0 Å². The third-order valence-electron chi connectivity index (χ3n) is 2.12. The third kappa shape index (κ3) is 5.83. The second-order valence-corrected chi connectivity index (χ2v) is 5.02. The predicted molar refractivity (Wildman–Crippen MR) is 67.8 cm³/mol. The summed E-state index contributed by atoms with van der Waals surface area (Å²) < 4.78 is 5.45. The maximum Gasteiger partial charge on any atom is 0.319 e. The smallest absolute Gasteiger partial charge is 0.319 e. The molecule has 1 unspecified atom stereocenters. The van der Waals surface area contributed by atoms with Crippen LogP contribution in [0.1, 0.15) is 52.9 Å². The quantitative estimate of drug-likeness (QED) is 0.407. The van der Waals surface area contributed by atoms with Gasteiger partial charge in [0.15, 0.2) is 0 Å². The van der Waals surface area contributed by atoms with Gasteiger partial charge in [0.2, 0.25) is 0 Å². The molecule has 0 fully saturated rings. The van der Waals surface area contributed by atoms with Crippen LogP contribution < -0.4 is 0 Å². The Balaban J connectivity index is 3.94. The van der Waals surface area contributed by atoms with E-state index in [1.165, 1.54) is 0 Å². The number of hydrogen-bond acceptors (Lipinski definition) is 2. The molecule has 0 aliphatic carbocycles. The maximum absolute atomic E-state index is 11.5. The average Bonchev–Trinajstić information content (AvgIpc) is 2.17. The average molecular weight is 312 g/mol. The van der Waals surface area contributed by atoms with E-state index in [0.29, 0.717) is 0 Å². The first-order chi connectivity index (χ1) is 6.65. The van der Waals surface area contributed by atoms with E-state index in [1.54, 1.807) is 0 Å². The van der Waals surface area contributed by atoms with Gasteiger partial charge in [-0.3, -0.25) is 4.79 Å². The molecule has 0 aliphatic heterocycles. The molecule has 0 rings (SSSR count). The highest BCUT2D eigenvalue weighted by molar-refractivity contribution is 14.1. The first kappa shape index (κ1) is 14.2. The Labute approximate surface area is 101 Å². The molecule has 0 saturated heterocycles. The fourth-order valence-electron chi connectivity index (χ4n) is 1.31. The Morgan fingerprint density at radius 3 is 2.07 bits per heavy atom. The molecule has 0 spiro atoms. The van der Waals surface area contributed by atoms with Crippen LogP contribution in [-0.4, -0.2) is 16.0 Å². The Kier molecular flexibility index (Phi) is 8.63. The van der Waals surface area contributed by atoms with Crippen LogP contribution in [0.5, 0.6) is 0 Å². The fraction of sp³-hybridized carbons (Fsp3) is 0.909. The number of halogens is 1. The zero-order chi connectivity index (χ0) is 11.0. The van der Waals surface area contributed by atoms with Gasteiger partial charge in [0, 0.05) is 0 Å². The van der Waals surface area contributed by atoms with Gasteiger partial charge in [-0.05, 0) is 19.3 Å². The highest BCUT2D eigenvalue weighted by Crippen LogP contribution is 2.14. The molecule has 0 bridgehead atoms. The number of ether oxygens (including phenoxy) is 1.